The van der Waals surface area contributed by atoms with Crippen molar-refractivity contribution in [3.8, 4) is 23.0 Å². The lowest BCUT2D eigenvalue weighted by molar-refractivity contribution is -0.141. The third-order valence-corrected chi connectivity index (χ3v) is 5.68. The monoisotopic (exact) mass is 510 g/mol. The van der Waals surface area contributed by atoms with Gasteiger partial charge in [0.1, 0.15) is 23.3 Å². The molecule has 0 bridgehead atoms. The van der Waals surface area contributed by atoms with E-state index in [2.05, 4.69) is 32.0 Å². The summed E-state index contributed by atoms with van der Waals surface area (Å²) < 4.78 is 44.5. The van der Waals surface area contributed by atoms with E-state index in [1.54, 1.807) is 25.1 Å². The molecule has 10 heteroatoms. The van der Waals surface area contributed by atoms with Crippen LogP contribution in [0.25, 0.3) is 11.1 Å². The minimum atomic E-state index is -4.65. The number of aliphatic hydroxyl groups is 1. The van der Waals surface area contributed by atoms with Crippen LogP contribution >= 0.6 is 0 Å². The van der Waals surface area contributed by atoms with Crippen molar-refractivity contribution in [2.24, 2.45) is 0 Å². The van der Waals surface area contributed by atoms with Gasteiger partial charge >= 0.3 is 6.18 Å². The predicted molar refractivity (Wildman–Crippen MR) is 133 cm³/mol. The van der Waals surface area contributed by atoms with E-state index in [0.29, 0.717) is 43.5 Å². The summed E-state index contributed by atoms with van der Waals surface area (Å²) in [7, 11) is 0. The van der Waals surface area contributed by atoms with Crippen molar-refractivity contribution in [2.75, 3.05) is 36.5 Å². The van der Waals surface area contributed by atoms with Gasteiger partial charge < -0.3 is 20.1 Å². The molecule has 1 unspecified atom stereocenters. The number of benzene rings is 1. The number of morpholine rings is 1. The average molecular weight is 511 g/mol. The molecule has 0 spiro atoms. The van der Waals surface area contributed by atoms with Crippen LogP contribution in [-0.4, -0.2) is 53.4 Å². The van der Waals surface area contributed by atoms with Gasteiger partial charge in [-0.15, -0.1) is 0 Å². The molecular weight excluding hydrogens is 485 g/mol. The maximum atomic E-state index is 13.0. The zero-order valence-electron chi connectivity index (χ0n) is 20.3. The van der Waals surface area contributed by atoms with Gasteiger partial charge in [0.2, 0.25) is 0 Å². The summed E-state index contributed by atoms with van der Waals surface area (Å²) in [6, 6.07) is 10.9. The number of nitrogens with one attached hydrogen (secondary N) is 1. The normalized spacial score (nSPS) is 14.5. The summed E-state index contributed by atoms with van der Waals surface area (Å²) in [5.74, 6) is 5.64. The highest BCUT2D eigenvalue weighted by atomic mass is 19.4. The van der Waals surface area contributed by atoms with Crippen molar-refractivity contribution >= 4 is 17.4 Å². The fourth-order valence-electron chi connectivity index (χ4n) is 3.81. The molecule has 1 amide bonds. The molecular formula is C27H25F3N4O3. The van der Waals surface area contributed by atoms with Crippen LogP contribution in [0.15, 0.2) is 48.7 Å². The number of alkyl halides is 3. The highest BCUT2D eigenvalue weighted by Gasteiger charge is 2.33. The van der Waals surface area contributed by atoms with Crippen molar-refractivity contribution in [1.29, 1.82) is 0 Å². The molecule has 7 nitrogen and oxygen atoms in total. The number of rotatable bonds is 4. The zero-order chi connectivity index (χ0) is 26.6. The lowest BCUT2D eigenvalue weighted by atomic mass is 9.99. The fourth-order valence-corrected chi connectivity index (χ4v) is 3.81. The fraction of sp³-hybridized carbons (Fsp3) is 0.296. The van der Waals surface area contributed by atoms with Gasteiger partial charge in [0.15, 0.2) is 0 Å². The number of pyridine rings is 2. The molecule has 2 aromatic heterocycles. The number of aryl methyl sites for hydroxylation is 1. The zero-order valence-corrected chi connectivity index (χ0v) is 20.3. The van der Waals surface area contributed by atoms with Gasteiger partial charge in [0, 0.05) is 30.5 Å². The number of carbonyl (C=O) groups excluding carboxylic acids is 1. The predicted octanol–water partition coefficient (Wildman–Crippen LogP) is 4.29. The van der Waals surface area contributed by atoms with E-state index in [1.165, 1.54) is 6.07 Å². The van der Waals surface area contributed by atoms with Crippen molar-refractivity contribution in [1.82, 2.24) is 9.97 Å². The average Bonchev–Trinajstić information content (AvgIpc) is 2.88. The molecule has 0 aliphatic carbocycles. The number of ether oxygens (including phenoxy) is 1. The Balaban J connectivity index is 1.68. The number of halogens is 3. The van der Waals surface area contributed by atoms with Crippen molar-refractivity contribution in [3.63, 3.8) is 0 Å². The summed E-state index contributed by atoms with van der Waals surface area (Å²) in [5, 5.41) is 12.3. The molecule has 3 aromatic rings. The molecule has 1 aliphatic heterocycles. The van der Waals surface area contributed by atoms with Gasteiger partial charge in [-0.1, -0.05) is 12.0 Å². The summed E-state index contributed by atoms with van der Waals surface area (Å²) in [6.07, 6.45) is -4.51. The van der Waals surface area contributed by atoms with E-state index in [9.17, 15) is 23.1 Å². The number of aromatic nitrogens is 2. The maximum Gasteiger partial charge on any atom is 0.433 e. The topological polar surface area (TPSA) is 87.6 Å². The molecule has 0 saturated carbocycles. The number of aliphatic hydroxyl groups excluding tert-OH is 1. The Kier molecular flexibility index (Phi) is 7.76. The van der Waals surface area contributed by atoms with Gasteiger partial charge in [0.05, 0.1) is 13.2 Å². The first-order valence-electron chi connectivity index (χ1n) is 11.6. The van der Waals surface area contributed by atoms with Crippen LogP contribution in [0.2, 0.25) is 0 Å². The molecule has 1 saturated heterocycles. The summed E-state index contributed by atoms with van der Waals surface area (Å²) >= 11 is 0. The Labute approximate surface area is 212 Å². The lowest BCUT2D eigenvalue weighted by Gasteiger charge is -2.28. The summed E-state index contributed by atoms with van der Waals surface area (Å²) in [4.78, 5) is 22.7. The highest BCUT2D eigenvalue weighted by Crippen LogP contribution is 2.31. The highest BCUT2D eigenvalue weighted by molar-refractivity contribution is 6.04. The number of anilines is 2. The van der Waals surface area contributed by atoms with E-state index < -0.39 is 23.9 Å². The van der Waals surface area contributed by atoms with Crippen LogP contribution in [0.1, 0.15) is 34.2 Å². The Hall–Kier alpha value is -3.94. The van der Waals surface area contributed by atoms with Gasteiger partial charge in [-0.2, -0.15) is 13.2 Å². The molecule has 2 N–H and O–H groups in total. The molecule has 1 atom stereocenters. The largest absolute Gasteiger partial charge is 0.433 e. The molecule has 1 aliphatic rings. The van der Waals surface area contributed by atoms with Crippen LogP contribution in [0.3, 0.4) is 0 Å². The van der Waals surface area contributed by atoms with Crippen molar-refractivity contribution in [2.45, 2.75) is 26.1 Å². The van der Waals surface area contributed by atoms with E-state index in [4.69, 9.17) is 4.74 Å². The molecule has 37 heavy (non-hydrogen) atoms. The Morgan fingerprint density at radius 2 is 1.92 bits per heavy atom. The van der Waals surface area contributed by atoms with Gasteiger partial charge in [0.25, 0.3) is 5.91 Å². The summed E-state index contributed by atoms with van der Waals surface area (Å²) in [6.45, 7) is 5.96. The minimum Gasteiger partial charge on any atom is -0.381 e. The van der Waals surface area contributed by atoms with Crippen LogP contribution in [0.4, 0.5) is 24.7 Å². The van der Waals surface area contributed by atoms with Crippen molar-refractivity contribution in [3.05, 3.63) is 71.2 Å². The molecule has 0 radical (unpaired) electrons. The standard InChI is InChI=1S/C27H25F3N4O3/c1-17-3-5-22(33-26(36)19-7-8-31-24(14-19)27(28,29)30)16-23(17)20-13-21(6-4-18(2)35)32-25(15-20)34-9-11-37-12-10-34/h3,5,7-8,13-16,18,35H,9-12H2,1-2H3,(H,33,36). The van der Waals surface area contributed by atoms with Gasteiger partial charge in [-0.05, 0) is 72.9 Å². The Bertz CT molecular complexity index is 1360. The summed E-state index contributed by atoms with van der Waals surface area (Å²) in [5.41, 5.74) is 2.10. The number of amides is 1. The van der Waals surface area contributed by atoms with E-state index in [-0.39, 0.29) is 5.56 Å². The molecule has 3 heterocycles. The SMILES string of the molecule is Cc1ccc(NC(=O)c2ccnc(C(F)(F)F)c2)cc1-c1cc(C#CC(C)O)nc(N2CCOCC2)c1. The van der Waals surface area contributed by atoms with E-state index in [0.717, 1.165) is 29.0 Å². The number of hydrogen-bond acceptors (Lipinski definition) is 6. The number of carbonyl (C=O) groups is 1. The minimum absolute atomic E-state index is 0.154. The quantitative estimate of drug-likeness (QED) is 0.510. The number of hydrogen-bond donors (Lipinski definition) is 2. The second kappa shape index (κ2) is 11.0. The molecule has 1 aromatic carbocycles. The second-order valence-corrected chi connectivity index (χ2v) is 8.56. The van der Waals surface area contributed by atoms with Crippen LogP contribution in [0, 0.1) is 18.8 Å². The second-order valence-electron chi connectivity index (χ2n) is 8.56. The van der Waals surface area contributed by atoms with E-state index in [1.807, 2.05) is 19.1 Å². The first-order chi connectivity index (χ1) is 17.6. The lowest BCUT2D eigenvalue weighted by Crippen LogP contribution is -2.36. The third-order valence-electron chi connectivity index (χ3n) is 5.68. The third kappa shape index (κ3) is 6.64. The van der Waals surface area contributed by atoms with Crippen molar-refractivity contribution < 1.29 is 27.8 Å². The molecule has 192 valence electrons. The van der Waals surface area contributed by atoms with Gasteiger partial charge in [-0.3, -0.25) is 9.78 Å². The van der Waals surface area contributed by atoms with Gasteiger partial charge in [-0.25, -0.2) is 4.98 Å². The first kappa shape index (κ1) is 26.1. The van der Waals surface area contributed by atoms with Crippen LogP contribution in [0.5, 0.6) is 0 Å². The molecule has 4 rings (SSSR count). The first-order valence-corrected chi connectivity index (χ1v) is 11.6. The van der Waals surface area contributed by atoms with E-state index >= 15 is 0 Å². The maximum absolute atomic E-state index is 13.0. The Morgan fingerprint density at radius 3 is 2.62 bits per heavy atom. The smallest absolute Gasteiger partial charge is 0.381 e. The Morgan fingerprint density at radius 1 is 1.16 bits per heavy atom. The van der Waals surface area contributed by atoms with Crippen LogP contribution < -0.4 is 10.2 Å². The van der Waals surface area contributed by atoms with Crippen LogP contribution in [-0.2, 0) is 10.9 Å². The number of nitrogens with zero attached hydrogens (tertiary/aromatic N) is 3. The molecule has 1 fully saturated rings.